The van der Waals surface area contributed by atoms with Gasteiger partial charge in [0.15, 0.2) is 0 Å². The molecule has 0 bridgehead atoms. The molecule has 1 saturated heterocycles. The number of carbonyl (C=O) groups is 1. The first-order chi connectivity index (χ1) is 9.83. The molecule has 7 heteroatoms. The van der Waals surface area contributed by atoms with E-state index in [1.54, 1.807) is 0 Å². The zero-order valence-corrected chi connectivity index (χ0v) is 13.0. The number of aromatic carboxylic acids is 1. The Kier molecular flexibility index (Phi) is 4.65. The average Bonchev–Trinajstić information content (AvgIpc) is 2.82. The molecule has 0 amide bonds. The molecular weight excluding hydrogens is 292 g/mol. The number of hydrogen-bond donors (Lipinski definition) is 2. The third-order valence-corrected chi connectivity index (χ3v) is 5.55. The number of benzene rings is 1. The highest BCUT2D eigenvalue weighted by molar-refractivity contribution is 7.89. The standard InChI is InChI=1S/C14H20N2O4S/c1-10-12(14(17)18)6-3-7-13(10)21(19,20)15-9-11-5-4-8-16(11)2/h3,6-7,11,15H,4-5,8-9H2,1-2H3,(H,17,18). The van der Waals surface area contributed by atoms with Crippen molar-refractivity contribution in [3.63, 3.8) is 0 Å². The van der Waals surface area contributed by atoms with E-state index in [-0.39, 0.29) is 22.1 Å². The summed E-state index contributed by atoms with van der Waals surface area (Å²) < 4.78 is 27.3. The highest BCUT2D eigenvalue weighted by Gasteiger charge is 2.25. The second-order valence-electron chi connectivity index (χ2n) is 5.36. The lowest BCUT2D eigenvalue weighted by molar-refractivity contribution is 0.0696. The van der Waals surface area contributed by atoms with Crippen molar-refractivity contribution in [2.45, 2.75) is 30.7 Å². The van der Waals surface area contributed by atoms with Crippen LogP contribution >= 0.6 is 0 Å². The van der Waals surface area contributed by atoms with E-state index in [4.69, 9.17) is 5.11 Å². The predicted octanol–water partition coefficient (Wildman–Crippen LogP) is 1.07. The third-order valence-electron chi connectivity index (χ3n) is 3.98. The zero-order valence-electron chi connectivity index (χ0n) is 12.2. The van der Waals surface area contributed by atoms with Gasteiger partial charge >= 0.3 is 5.97 Å². The number of nitrogens with one attached hydrogen (secondary N) is 1. The summed E-state index contributed by atoms with van der Waals surface area (Å²) in [5.41, 5.74) is 0.271. The fourth-order valence-electron chi connectivity index (χ4n) is 2.66. The van der Waals surface area contributed by atoms with Crippen LogP contribution in [-0.4, -0.2) is 50.6 Å². The van der Waals surface area contributed by atoms with Crippen LogP contribution in [0.2, 0.25) is 0 Å². The number of likely N-dealkylation sites (tertiary alicyclic amines) is 1. The molecule has 1 aliphatic heterocycles. The van der Waals surface area contributed by atoms with Gasteiger partial charge < -0.3 is 10.0 Å². The molecule has 2 rings (SSSR count). The summed E-state index contributed by atoms with van der Waals surface area (Å²) in [6.45, 7) is 2.83. The molecule has 1 aromatic rings. The summed E-state index contributed by atoms with van der Waals surface area (Å²) in [5, 5.41) is 9.07. The molecule has 1 aliphatic rings. The van der Waals surface area contributed by atoms with Crippen LogP contribution in [0.1, 0.15) is 28.8 Å². The molecular formula is C14H20N2O4S. The second kappa shape index (κ2) is 6.13. The van der Waals surface area contributed by atoms with Crippen molar-refractivity contribution in [3.8, 4) is 0 Å². The number of sulfonamides is 1. The van der Waals surface area contributed by atoms with Crippen molar-refractivity contribution >= 4 is 16.0 Å². The van der Waals surface area contributed by atoms with Gasteiger partial charge in [0.05, 0.1) is 10.5 Å². The van der Waals surface area contributed by atoms with E-state index in [0.29, 0.717) is 6.54 Å². The maximum absolute atomic E-state index is 12.4. The highest BCUT2D eigenvalue weighted by atomic mass is 32.2. The van der Waals surface area contributed by atoms with Crippen molar-refractivity contribution in [1.82, 2.24) is 9.62 Å². The molecule has 0 aromatic heterocycles. The van der Waals surface area contributed by atoms with Crippen LogP contribution in [0.3, 0.4) is 0 Å². The van der Waals surface area contributed by atoms with E-state index < -0.39 is 16.0 Å². The minimum Gasteiger partial charge on any atom is -0.478 e. The first-order valence-corrected chi connectivity index (χ1v) is 8.34. The van der Waals surface area contributed by atoms with Crippen molar-refractivity contribution in [3.05, 3.63) is 29.3 Å². The van der Waals surface area contributed by atoms with Gasteiger partial charge in [0.25, 0.3) is 0 Å². The van der Waals surface area contributed by atoms with E-state index in [1.165, 1.54) is 25.1 Å². The van der Waals surface area contributed by atoms with Gasteiger partial charge in [-0.1, -0.05) is 6.07 Å². The Morgan fingerprint density at radius 1 is 1.48 bits per heavy atom. The Balaban J connectivity index is 2.20. The fraction of sp³-hybridized carbons (Fsp3) is 0.500. The van der Waals surface area contributed by atoms with E-state index in [0.717, 1.165) is 19.4 Å². The molecule has 0 radical (unpaired) electrons. The number of likely N-dealkylation sites (N-methyl/N-ethyl adjacent to an activating group) is 1. The van der Waals surface area contributed by atoms with Crippen LogP contribution in [-0.2, 0) is 10.0 Å². The summed E-state index contributed by atoms with van der Waals surface area (Å²) in [4.78, 5) is 13.2. The first-order valence-electron chi connectivity index (χ1n) is 6.86. The second-order valence-corrected chi connectivity index (χ2v) is 7.10. The SMILES string of the molecule is Cc1c(C(=O)O)cccc1S(=O)(=O)NCC1CCCN1C. The summed E-state index contributed by atoms with van der Waals surface area (Å²) in [6, 6.07) is 4.49. The Labute approximate surface area is 124 Å². The Morgan fingerprint density at radius 3 is 2.76 bits per heavy atom. The van der Waals surface area contributed by atoms with Gasteiger partial charge in [0.2, 0.25) is 10.0 Å². The zero-order chi connectivity index (χ0) is 15.6. The molecule has 1 fully saturated rings. The third kappa shape index (κ3) is 3.42. The quantitative estimate of drug-likeness (QED) is 0.849. The molecule has 0 spiro atoms. The van der Waals surface area contributed by atoms with Gasteiger partial charge in [-0.25, -0.2) is 17.9 Å². The number of rotatable bonds is 5. The van der Waals surface area contributed by atoms with Crippen LogP contribution in [0, 0.1) is 6.92 Å². The van der Waals surface area contributed by atoms with E-state index >= 15 is 0 Å². The number of nitrogens with zero attached hydrogens (tertiary/aromatic N) is 1. The van der Waals surface area contributed by atoms with Gasteiger partial charge in [-0.2, -0.15) is 0 Å². The van der Waals surface area contributed by atoms with Crippen molar-refractivity contribution in [2.24, 2.45) is 0 Å². The minimum absolute atomic E-state index is 0.0101. The van der Waals surface area contributed by atoms with E-state index in [1.807, 2.05) is 7.05 Å². The number of hydrogen-bond acceptors (Lipinski definition) is 4. The molecule has 116 valence electrons. The maximum atomic E-state index is 12.4. The van der Waals surface area contributed by atoms with Crippen LogP contribution in [0.15, 0.2) is 23.1 Å². The van der Waals surface area contributed by atoms with E-state index in [2.05, 4.69) is 9.62 Å². The average molecular weight is 312 g/mol. The van der Waals surface area contributed by atoms with Gasteiger partial charge in [0.1, 0.15) is 0 Å². The lowest BCUT2D eigenvalue weighted by Crippen LogP contribution is -2.38. The lowest BCUT2D eigenvalue weighted by atomic mass is 10.1. The highest BCUT2D eigenvalue weighted by Crippen LogP contribution is 2.20. The largest absolute Gasteiger partial charge is 0.478 e. The summed E-state index contributed by atoms with van der Waals surface area (Å²) in [6.07, 6.45) is 2.03. The molecule has 1 atom stereocenters. The number of carboxylic acid groups (broad SMARTS) is 1. The predicted molar refractivity (Wildman–Crippen MR) is 79.0 cm³/mol. The van der Waals surface area contributed by atoms with Gasteiger partial charge in [0, 0.05) is 12.6 Å². The first kappa shape index (κ1) is 15.9. The van der Waals surface area contributed by atoms with Crippen LogP contribution in [0.4, 0.5) is 0 Å². The lowest BCUT2D eigenvalue weighted by Gasteiger charge is -2.20. The molecule has 2 N–H and O–H groups in total. The molecule has 21 heavy (non-hydrogen) atoms. The molecule has 1 unspecified atom stereocenters. The van der Waals surface area contributed by atoms with Gasteiger partial charge in [-0.15, -0.1) is 0 Å². The van der Waals surface area contributed by atoms with E-state index in [9.17, 15) is 13.2 Å². The Hall–Kier alpha value is -1.44. The minimum atomic E-state index is -3.70. The summed E-state index contributed by atoms with van der Waals surface area (Å²) in [5.74, 6) is -1.12. The van der Waals surface area contributed by atoms with Crippen molar-refractivity contribution in [2.75, 3.05) is 20.1 Å². The molecule has 0 saturated carbocycles. The molecule has 6 nitrogen and oxygen atoms in total. The maximum Gasteiger partial charge on any atom is 0.335 e. The van der Waals surface area contributed by atoms with Crippen LogP contribution < -0.4 is 4.72 Å². The van der Waals surface area contributed by atoms with Crippen molar-refractivity contribution in [1.29, 1.82) is 0 Å². The smallest absolute Gasteiger partial charge is 0.335 e. The molecule has 1 aromatic carbocycles. The fourth-order valence-corrected chi connectivity index (χ4v) is 4.00. The van der Waals surface area contributed by atoms with Gasteiger partial charge in [-0.05, 0) is 51.1 Å². The Morgan fingerprint density at radius 2 is 2.19 bits per heavy atom. The number of carboxylic acids is 1. The van der Waals surface area contributed by atoms with Crippen LogP contribution in [0.25, 0.3) is 0 Å². The summed E-state index contributed by atoms with van der Waals surface area (Å²) >= 11 is 0. The summed E-state index contributed by atoms with van der Waals surface area (Å²) in [7, 11) is -1.72. The van der Waals surface area contributed by atoms with Crippen LogP contribution in [0.5, 0.6) is 0 Å². The van der Waals surface area contributed by atoms with Gasteiger partial charge in [-0.3, -0.25) is 0 Å². The Bertz CT molecular complexity index is 642. The molecule has 0 aliphatic carbocycles. The molecule has 1 heterocycles. The van der Waals surface area contributed by atoms with Crippen molar-refractivity contribution < 1.29 is 18.3 Å². The topological polar surface area (TPSA) is 86.7 Å². The normalized spacial score (nSPS) is 19.8. The monoisotopic (exact) mass is 312 g/mol.